The zero-order chi connectivity index (χ0) is 18.6. The van der Waals surface area contributed by atoms with Crippen LogP contribution in [0.25, 0.3) is 6.08 Å². The Hall–Kier alpha value is -2.51. The summed E-state index contributed by atoms with van der Waals surface area (Å²) in [6.45, 7) is 2.21. The van der Waals surface area contributed by atoms with E-state index in [2.05, 4.69) is 10.3 Å². The zero-order valence-corrected chi connectivity index (χ0v) is 15.6. The summed E-state index contributed by atoms with van der Waals surface area (Å²) in [6, 6.07) is 7.53. The molecule has 6 nitrogen and oxygen atoms in total. The first-order valence-corrected chi connectivity index (χ1v) is 9.88. The molecule has 3 atom stereocenters. The van der Waals surface area contributed by atoms with Gasteiger partial charge in [-0.15, -0.1) is 11.3 Å². The number of hydrogen-bond acceptors (Lipinski definition) is 5. The molecule has 2 aromatic rings. The van der Waals surface area contributed by atoms with Crippen molar-refractivity contribution in [3.05, 3.63) is 53.0 Å². The Morgan fingerprint density at radius 1 is 1.26 bits per heavy atom. The number of anilines is 1. The summed E-state index contributed by atoms with van der Waals surface area (Å²) in [6.07, 6.45) is 6.76. The number of likely N-dealkylation sites (tertiary alicyclic amines) is 1. The molecule has 2 aromatic heterocycles. The van der Waals surface area contributed by atoms with Crippen LogP contribution in [0.4, 0.5) is 5.69 Å². The normalized spacial score (nSPS) is 24.7. The second kappa shape index (κ2) is 8.02. The Labute approximate surface area is 161 Å². The van der Waals surface area contributed by atoms with Crippen LogP contribution in [0.3, 0.4) is 0 Å². The molecular weight excluding hydrogens is 362 g/mol. The molecule has 2 aliphatic rings. The number of nitrogens with one attached hydrogen (secondary N) is 1. The maximum absolute atomic E-state index is 12.7. The summed E-state index contributed by atoms with van der Waals surface area (Å²) in [5.41, 5.74) is 0.675. The molecule has 0 bridgehead atoms. The van der Waals surface area contributed by atoms with Gasteiger partial charge in [-0.2, -0.15) is 0 Å². The Morgan fingerprint density at radius 2 is 2.19 bits per heavy atom. The lowest BCUT2D eigenvalue weighted by Gasteiger charge is -2.31. The number of nitrogens with zero attached hydrogens (tertiary/aromatic N) is 2. The number of aromatic nitrogens is 1. The SMILES string of the molecule is O=C(Nc1cccnc1)[C@@H]1COC[C@H]2CN(C(=O)/C=C/c3cccs3)C[C@H]21. The standard InChI is InChI=1S/C20H21N3O3S/c24-19(6-5-16-4-2-8-27-16)23-10-14-12-26-13-18(17(14)11-23)20(25)22-15-3-1-7-21-9-15/h1-9,14,17-18H,10-13H2,(H,22,25)/b6-5+/t14-,17-,18-/m1/s1. The topological polar surface area (TPSA) is 71.5 Å². The van der Waals surface area contributed by atoms with Crippen LogP contribution in [-0.2, 0) is 14.3 Å². The van der Waals surface area contributed by atoms with E-state index in [1.54, 1.807) is 35.9 Å². The van der Waals surface area contributed by atoms with Crippen molar-refractivity contribution >= 4 is 34.9 Å². The Kier molecular flexibility index (Phi) is 5.31. The summed E-state index contributed by atoms with van der Waals surface area (Å²) in [4.78, 5) is 32.2. The fraction of sp³-hybridized carbons (Fsp3) is 0.350. The summed E-state index contributed by atoms with van der Waals surface area (Å²) >= 11 is 1.60. The number of pyridine rings is 1. The third-order valence-corrected chi connectivity index (χ3v) is 5.99. The van der Waals surface area contributed by atoms with Gasteiger partial charge in [0.1, 0.15) is 0 Å². The molecule has 140 valence electrons. The molecular formula is C20H21N3O3S. The Balaban J connectivity index is 1.40. The average Bonchev–Trinajstić information content (AvgIpc) is 3.36. The van der Waals surface area contributed by atoms with Gasteiger partial charge in [0, 0.05) is 36.2 Å². The van der Waals surface area contributed by atoms with Crippen LogP contribution >= 0.6 is 11.3 Å². The van der Waals surface area contributed by atoms with Gasteiger partial charge in [0.15, 0.2) is 0 Å². The Bertz CT molecular complexity index is 822. The number of thiophene rings is 1. The first-order chi connectivity index (χ1) is 13.2. The van der Waals surface area contributed by atoms with E-state index in [0.717, 1.165) is 4.88 Å². The molecule has 7 heteroatoms. The maximum atomic E-state index is 12.7. The highest BCUT2D eigenvalue weighted by molar-refractivity contribution is 7.10. The van der Waals surface area contributed by atoms with Gasteiger partial charge in [-0.3, -0.25) is 14.6 Å². The maximum Gasteiger partial charge on any atom is 0.246 e. The predicted octanol–water partition coefficient (Wildman–Crippen LogP) is 2.52. The molecule has 2 amide bonds. The monoisotopic (exact) mass is 383 g/mol. The molecule has 1 N–H and O–H groups in total. The predicted molar refractivity (Wildman–Crippen MR) is 104 cm³/mol. The van der Waals surface area contributed by atoms with Crippen LogP contribution in [0, 0.1) is 17.8 Å². The van der Waals surface area contributed by atoms with Gasteiger partial charge in [-0.1, -0.05) is 6.07 Å². The zero-order valence-electron chi connectivity index (χ0n) is 14.8. The van der Waals surface area contributed by atoms with E-state index in [1.165, 1.54) is 0 Å². The van der Waals surface area contributed by atoms with Crippen LogP contribution in [-0.4, -0.2) is 48.0 Å². The minimum Gasteiger partial charge on any atom is -0.380 e. The molecule has 0 radical (unpaired) electrons. The number of hydrogen-bond donors (Lipinski definition) is 1. The molecule has 2 aliphatic heterocycles. The molecule has 4 rings (SSSR count). The highest BCUT2D eigenvalue weighted by Gasteiger charge is 2.44. The van der Waals surface area contributed by atoms with E-state index in [4.69, 9.17) is 4.74 Å². The Morgan fingerprint density at radius 3 is 2.96 bits per heavy atom. The third-order valence-electron chi connectivity index (χ3n) is 5.15. The van der Waals surface area contributed by atoms with Crippen LogP contribution in [0.5, 0.6) is 0 Å². The molecule has 0 aliphatic carbocycles. The minimum absolute atomic E-state index is 0.00998. The lowest BCUT2D eigenvalue weighted by molar-refractivity contribution is -0.129. The van der Waals surface area contributed by atoms with E-state index < -0.39 is 0 Å². The van der Waals surface area contributed by atoms with Gasteiger partial charge in [-0.25, -0.2) is 0 Å². The fourth-order valence-corrected chi connectivity index (χ4v) is 4.38. The highest BCUT2D eigenvalue weighted by Crippen LogP contribution is 2.35. The van der Waals surface area contributed by atoms with Crippen molar-refractivity contribution in [2.24, 2.45) is 17.8 Å². The van der Waals surface area contributed by atoms with Crippen LogP contribution < -0.4 is 5.32 Å². The van der Waals surface area contributed by atoms with Crippen molar-refractivity contribution in [1.82, 2.24) is 9.88 Å². The van der Waals surface area contributed by atoms with Crippen LogP contribution in [0.1, 0.15) is 4.88 Å². The molecule has 2 fully saturated rings. The van der Waals surface area contributed by atoms with Gasteiger partial charge in [-0.05, 0) is 35.6 Å². The molecule has 27 heavy (non-hydrogen) atoms. The number of carbonyl (C=O) groups excluding carboxylic acids is 2. The molecule has 0 spiro atoms. The third kappa shape index (κ3) is 4.09. The smallest absolute Gasteiger partial charge is 0.246 e. The molecule has 2 saturated heterocycles. The number of carbonyl (C=O) groups is 2. The number of fused-ring (bicyclic) bond motifs is 1. The van der Waals surface area contributed by atoms with Gasteiger partial charge in [0.05, 0.1) is 31.0 Å². The summed E-state index contributed by atoms with van der Waals surface area (Å²) in [7, 11) is 0. The lowest BCUT2D eigenvalue weighted by Crippen LogP contribution is -2.42. The molecule has 0 saturated carbocycles. The van der Waals surface area contributed by atoms with Crippen LogP contribution in [0.15, 0.2) is 48.1 Å². The minimum atomic E-state index is -0.261. The van der Waals surface area contributed by atoms with Crippen LogP contribution in [0.2, 0.25) is 0 Å². The van der Waals surface area contributed by atoms with Crippen molar-refractivity contribution in [2.45, 2.75) is 0 Å². The van der Waals surface area contributed by atoms with E-state index in [0.29, 0.717) is 32.0 Å². The van der Waals surface area contributed by atoms with Gasteiger partial charge >= 0.3 is 0 Å². The molecule has 4 heterocycles. The largest absolute Gasteiger partial charge is 0.380 e. The number of amides is 2. The molecule has 0 aromatic carbocycles. The van der Waals surface area contributed by atoms with Crippen molar-refractivity contribution in [3.63, 3.8) is 0 Å². The first kappa shape index (κ1) is 17.9. The number of ether oxygens (including phenoxy) is 1. The van der Waals surface area contributed by atoms with Gasteiger partial charge < -0.3 is 15.0 Å². The average molecular weight is 383 g/mol. The highest BCUT2D eigenvalue weighted by atomic mass is 32.1. The quantitative estimate of drug-likeness (QED) is 0.824. The number of rotatable bonds is 4. The molecule has 0 unspecified atom stereocenters. The summed E-state index contributed by atoms with van der Waals surface area (Å²) in [5.74, 6) is -0.0228. The van der Waals surface area contributed by atoms with Crippen molar-refractivity contribution in [1.29, 1.82) is 0 Å². The van der Waals surface area contributed by atoms with Crippen molar-refractivity contribution < 1.29 is 14.3 Å². The van der Waals surface area contributed by atoms with Crippen molar-refractivity contribution in [2.75, 3.05) is 31.6 Å². The van der Waals surface area contributed by atoms with Gasteiger partial charge in [0.2, 0.25) is 11.8 Å². The van der Waals surface area contributed by atoms with E-state index in [9.17, 15) is 9.59 Å². The van der Waals surface area contributed by atoms with Crippen molar-refractivity contribution in [3.8, 4) is 0 Å². The first-order valence-electron chi connectivity index (χ1n) is 9.00. The van der Waals surface area contributed by atoms with E-state index in [-0.39, 0.29) is 29.6 Å². The van der Waals surface area contributed by atoms with Gasteiger partial charge in [0.25, 0.3) is 0 Å². The summed E-state index contributed by atoms with van der Waals surface area (Å²) < 4.78 is 5.67. The fourth-order valence-electron chi connectivity index (χ4n) is 3.77. The second-order valence-corrected chi connectivity index (χ2v) is 7.87. The lowest BCUT2D eigenvalue weighted by atomic mass is 9.82. The van der Waals surface area contributed by atoms with E-state index >= 15 is 0 Å². The van der Waals surface area contributed by atoms with E-state index in [1.807, 2.05) is 34.6 Å². The second-order valence-electron chi connectivity index (χ2n) is 6.89. The summed E-state index contributed by atoms with van der Waals surface area (Å²) in [5, 5.41) is 4.90.